The van der Waals surface area contributed by atoms with Gasteiger partial charge in [-0.1, -0.05) is 30.3 Å². The Morgan fingerprint density at radius 3 is 1.84 bits per heavy atom. The highest BCUT2D eigenvalue weighted by atomic mass is 16.2. The summed E-state index contributed by atoms with van der Waals surface area (Å²) in [7, 11) is 0. The van der Waals surface area contributed by atoms with Crippen molar-refractivity contribution in [2.24, 2.45) is 0 Å². The third-order valence-electron chi connectivity index (χ3n) is 2.69. The van der Waals surface area contributed by atoms with Gasteiger partial charge in [-0.3, -0.25) is 19.3 Å². The molecule has 0 heterocycles. The minimum atomic E-state index is -0.101. The molecule has 2 rings (SSSR count). The standard InChI is InChI=1S/C15H11NO3/c17-10-16(11-18)14-8-6-13(7-9-14)15(19)12-4-2-1-3-5-12/h1-11H. The number of imide groups is 1. The van der Waals surface area contributed by atoms with Gasteiger partial charge in [0.25, 0.3) is 0 Å². The van der Waals surface area contributed by atoms with Crippen LogP contribution in [0.1, 0.15) is 15.9 Å². The van der Waals surface area contributed by atoms with E-state index >= 15 is 0 Å². The second-order valence-electron chi connectivity index (χ2n) is 3.86. The van der Waals surface area contributed by atoms with Crippen LogP contribution < -0.4 is 4.90 Å². The zero-order valence-electron chi connectivity index (χ0n) is 10.0. The Hall–Kier alpha value is -2.75. The summed E-state index contributed by atoms with van der Waals surface area (Å²) >= 11 is 0. The smallest absolute Gasteiger partial charge is 0.220 e. The van der Waals surface area contributed by atoms with Crippen molar-refractivity contribution in [3.8, 4) is 0 Å². The minimum absolute atomic E-state index is 0.101. The maximum absolute atomic E-state index is 12.1. The van der Waals surface area contributed by atoms with Crippen LogP contribution in [0.4, 0.5) is 5.69 Å². The molecular weight excluding hydrogens is 242 g/mol. The Morgan fingerprint density at radius 1 is 0.789 bits per heavy atom. The van der Waals surface area contributed by atoms with Crippen LogP contribution in [0.5, 0.6) is 0 Å². The van der Waals surface area contributed by atoms with Gasteiger partial charge in [0.15, 0.2) is 5.78 Å². The van der Waals surface area contributed by atoms with E-state index in [0.29, 0.717) is 29.6 Å². The lowest BCUT2D eigenvalue weighted by atomic mass is 10.0. The van der Waals surface area contributed by atoms with Crippen LogP contribution in [0.2, 0.25) is 0 Å². The van der Waals surface area contributed by atoms with Crippen molar-refractivity contribution in [1.29, 1.82) is 0 Å². The number of benzene rings is 2. The molecule has 4 heteroatoms. The Bertz CT molecular complexity index is 583. The van der Waals surface area contributed by atoms with E-state index in [0.717, 1.165) is 4.90 Å². The molecule has 0 saturated heterocycles. The molecule has 94 valence electrons. The van der Waals surface area contributed by atoms with E-state index < -0.39 is 0 Å². The molecule has 19 heavy (non-hydrogen) atoms. The summed E-state index contributed by atoms with van der Waals surface area (Å²) < 4.78 is 0. The first kappa shape index (κ1) is 12.7. The topological polar surface area (TPSA) is 54.5 Å². The molecule has 0 aliphatic heterocycles. The Kier molecular flexibility index (Phi) is 3.83. The van der Waals surface area contributed by atoms with E-state index in [9.17, 15) is 14.4 Å². The van der Waals surface area contributed by atoms with E-state index in [1.807, 2.05) is 6.07 Å². The van der Waals surface area contributed by atoms with Gasteiger partial charge in [0.05, 0.1) is 5.69 Å². The quantitative estimate of drug-likeness (QED) is 0.605. The van der Waals surface area contributed by atoms with Gasteiger partial charge in [-0.25, -0.2) is 0 Å². The number of nitrogens with zero attached hydrogens (tertiary/aromatic N) is 1. The average molecular weight is 253 g/mol. The van der Waals surface area contributed by atoms with E-state index in [2.05, 4.69) is 0 Å². The second kappa shape index (κ2) is 5.73. The summed E-state index contributed by atoms with van der Waals surface area (Å²) in [6.07, 6.45) is 0.835. The van der Waals surface area contributed by atoms with E-state index in [1.165, 1.54) is 0 Å². The van der Waals surface area contributed by atoms with Gasteiger partial charge in [-0.2, -0.15) is 0 Å². The maximum atomic E-state index is 12.1. The number of hydrogen-bond donors (Lipinski definition) is 0. The van der Waals surface area contributed by atoms with Crippen molar-refractivity contribution in [1.82, 2.24) is 0 Å². The van der Waals surface area contributed by atoms with Crippen LogP contribution in [0.15, 0.2) is 54.6 Å². The lowest BCUT2D eigenvalue weighted by Crippen LogP contribution is -2.18. The fraction of sp³-hybridized carbons (Fsp3) is 0. The molecular formula is C15H11NO3. The number of amides is 2. The van der Waals surface area contributed by atoms with Crippen molar-refractivity contribution in [3.63, 3.8) is 0 Å². The monoisotopic (exact) mass is 253 g/mol. The van der Waals surface area contributed by atoms with E-state index in [4.69, 9.17) is 0 Å². The molecule has 0 atom stereocenters. The summed E-state index contributed by atoms with van der Waals surface area (Å²) in [5.74, 6) is -0.101. The highest BCUT2D eigenvalue weighted by Crippen LogP contribution is 2.15. The fourth-order valence-electron chi connectivity index (χ4n) is 1.69. The summed E-state index contributed by atoms with van der Waals surface area (Å²) in [6, 6.07) is 15.2. The molecule has 0 aliphatic carbocycles. The molecule has 4 nitrogen and oxygen atoms in total. The van der Waals surface area contributed by atoms with Gasteiger partial charge in [-0.15, -0.1) is 0 Å². The van der Waals surface area contributed by atoms with Gasteiger partial charge in [0.1, 0.15) is 0 Å². The molecule has 0 bridgehead atoms. The first-order valence-corrected chi connectivity index (χ1v) is 5.65. The van der Waals surface area contributed by atoms with Gasteiger partial charge in [0, 0.05) is 11.1 Å². The number of rotatable bonds is 5. The number of anilines is 1. The Balaban J connectivity index is 2.26. The first-order valence-electron chi connectivity index (χ1n) is 5.65. The zero-order valence-corrected chi connectivity index (χ0v) is 10.0. The molecule has 0 saturated carbocycles. The van der Waals surface area contributed by atoms with Crippen LogP contribution in [0.25, 0.3) is 0 Å². The third-order valence-corrected chi connectivity index (χ3v) is 2.69. The largest absolute Gasteiger partial charge is 0.289 e. The summed E-state index contributed by atoms with van der Waals surface area (Å²) in [4.78, 5) is 34.2. The van der Waals surface area contributed by atoms with Gasteiger partial charge in [0.2, 0.25) is 12.8 Å². The summed E-state index contributed by atoms with van der Waals surface area (Å²) in [5.41, 5.74) is 1.53. The van der Waals surface area contributed by atoms with Gasteiger partial charge >= 0.3 is 0 Å². The molecule has 0 aliphatic rings. The van der Waals surface area contributed by atoms with E-state index in [-0.39, 0.29) is 5.78 Å². The molecule has 0 fully saturated rings. The first-order chi connectivity index (χ1) is 9.26. The summed E-state index contributed by atoms with van der Waals surface area (Å²) in [5, 5.41) is 0. The number of ketones is 1. The molecule has 2 aromatic rings. The highest BCUT2D eigenvalue weighted by molar-refractivity contribution is 6.09. The molecule has 0 unspecified atom stereocenters. The second-order valence-corrected chi connectivity index (χ2v) is 3.86. The average Bonchev–Trinajstić information content (AvgIpc) is 2.49. The lowest BCUT2D eigenvalue weighted by Gasteiger charge is -2.09. The minimum Gasteiger partial charge on any atom is -0.289 e. The number of hydrogen-bond acceptors (Lipinski definition) is 3. The summed E-state index contributed by atoms with van der Waals surface area (Å²) in [6.45, 7) is 0. The van der Waals surface area contributed by atoms with Crippen molar-refractivity contribution in [3.05, 3.63) is 65.7 Å². The maximum Gasteiger partial charge on any atom is 0.220 e. The molecule has 0 N–H and O–H groups in total. The fourth-order valence-corrected chi connectivity index (χ4v) is 1.69. The van der Waals surface area contributed by atoms with Crippen molar-refractivity contribution < 1.29 is 14.4 Å². The van der Waals surface area contributed by atoms with Crippen LogP contribution in [0, 0.1) is 0 Å². The van der Waals surface area contributed by atoms with Crippen molar-refractivity contribution in [2.75, 3.05) is 4.90 Å². The van der Waals surface area contributed by atoms with Gasteiger partial charge < -0.3 is 0 Å². The predicted molar refractivity (Wildman–Crippen MR) is 70.9 cm³/mol. The predicted octanol–water partition coefficient (Wildman–Crippen LogP) is 2.04. The lowest BCUT2D eigenvalue weighted by molar-refractivity contribution is -0.113. The van der Waals surface area contributed by atoms with Crippen LogP contribution in [-0.4, -0.2) is 18.6 Å². The number of carbonyl (C=O) groups excluding carboxylic acids is 3. The van der Waals surface area contributed by atoms with Crippen molar-refractivity contribution in [2.45, 2.75) is 0 Å². The SMILES string of the molecule is O=CN(C=O)c1ccc(C(=O)c2ccccc2)cc1. The molecule has 2 amide bonds. The van der Waals surface area contributed by atoms with E-state index in [1.54, 1.807) is 48.5 Å². The zero-order chi connectivity index (χ0) is 13.7. The van der Waals surface area contributed by atoms with Crippen LogP contribution >= 0.6 is 0 Å². The van der Waals surface area contributed by atoms with Crippen LogP contribution in [0.3, 0.4) is 0 Å². The Morgan fingerprint density at radius 2 is 1.32 bits per heavy atom. The molecule has 0 spiro atoms. The molecule has 0 radical (unpaired) electrons. The third kappa shape index (κ3) is 2.74. The van der Waals surface area contributed by atoms with Crippen LogP contribution in [-0.2, 0) is 9.59 Å². The van der Waals surface area contributed by atoms with Gasteiger partial charge in [-0.05, 0) is 24.3 Å². The molecule has 2 aromatic carbocycles. The highest BCUT2D eigenvalue weighted by Gasteiger charge is 2.09. The number of carbonyl (C=O) groups is 3. The van der Waals surface area contributed by atoms with Crippen molar-refractivity contribution >= 4 is 24.3 Å². The normalized spacial score (nSPS) is 9.68. The Labute approximate surface area is 110 Å². The molecule has 0 aromatic heterocycles.